The Morgan fingerprint density at radius 3 is 2.69 bits per heavy atom. The summed E-state index contributed by atoms with van der Waals surface area (Å²) in [7, 11) is 1.90. The SMILES string of the molecule is CNC(C)CNc1ccc([N+](=O)[O-])c(C)c1. The van der Waals surface area contributed by atoms with Crippen molar-refractivity contribution in [3.05, 3.63) is 33.9 Å². The second-order valence-corrected chi connectivity index (χ2v) is 3.83. The van der Waals surface area contributed by atoms with E-state index in [4.69, 9.17) is 0 Å². The highest BCUT2D eigenvalue weighted by atomic mass is 16.6. The molecule has 0 saturated carbocycles. The zero-order valence-corrected chi connectivity index (χ0v) is 9.78. The third-order valence-corrected chi connectivity index (χ3v) is 2.50. The van der Waals surface area contributed by atoms with Crippen LogP contribution in [0.4, 0.5) is 11.4 Å². The van der Waals surface area contributed by atoms with E-state index in [0.717, 1.165) is 12.2 Å². The maximum atomic E-state index is 10.6. The fourth-order valence-corrected chi connectivity index (χ4v) is 1.34. The molecule has 1 unspecified atom stereocenters. The van der Waals surface area contributed by atoms with Crippen molar-refractivity contribution < 1.29 is 4.92 Å². The van der Waals surface area contributed by atoms with Crippen LogP contribution in [0.1, 0.15) is 12.5 Å². The van der Waals surface area contributed by atoms with Crippen molar-refractivity contribution in [1.29, 1.82) is 0 Å². The average molecular weight is 223 g/mol. The van der Waals surface area contributed by atoms with E-state index in [1.165, 1.54) is 6.07 Å². The van der Waals surface area contributed by atoms with Gasteiger partial charge in [-0.3, -0.25) is 10.1 Å². The molecule has 0 amide bonds. The predicted molar refractivity (Wildman–Crippen MR) is 64.8 cm³/mol. The molecule has 0 saturated heterocycles. The first kappa shape index (κ1) is 12.4. The van der Waals surface area contributed by atoms with E-state index >= 15 is 0 Å². The second-order valence-electron chi connectivity index (χ2n) is 3.83. The van der Waals surface area contributed by atoms with Crippen LogP contribution in [-0.4, -0.2) is 24.6 Å². The quantitative estimate of drug-likeness (QED) is 0.591. The van der Waals surface area contributed by atoms with Gasteiger partial charge in [0.15, 0.2) is 0 Å². The van der Waals surface area contributed by atoms with Crippen molar-refractivity contribution in [3.63, 3.8) is 0 Å². The third-order valence-electron chi connectivity index (χ3n) is 2.50. The first-order valence-electron chi connectivity index (χ1n) is 5.20. The Bertz CT molecular complexity index is 379. The number of likely N-dealkylation sites (N-methyl/N-ethyl adjacent to an activating group) is 1. The Hall–Kier alpha value is -1.62. The topological polar surface area (TPSA) is 67.2 Å². The van der Waals surface area contributed by atoms with Crippen LogP contribution in [0.2, 0.25) is 0 Å². The fraction of sp³-hybridized carbons (Fsp3) is 0.455. The van der Waals surface area contributed by atoms with Crippen LogP contribution in [0.25, 0.3) is 0 Å². The third kappa shape index (κ3) is 3.20. The first-order chi connectivity index (χ1) is 7.54. The van der Waals surface area contributed by atoms with Crippen LogP contribution >= 0.6 is 0 Å². The smallest absolute Gasteiger partial charge is 0.272 e. The largest absolute Gasteiger partial charge is 0.383 e. The molecule has 0 fully saturated rings. The normalized spacial score (nSPS) is 12.2. The van der Waals surface area contributed by atoms with Gasteiger partial charge in [-0.2, -0.15) is 0 Å². The number of nitro groups is 1. The molecule has 1 rings (SSSR count). The molecule has 1 aromatic rings. The van der Waals surface area contributed by atoms with Crippen molar-refractivity contribution in [2.24, 2.45) is 0 Å². The highest BCUT2D eigenvalue weighted by Crippen LogP contribution is 2.21. The number of anilines is 1. The van der Waals surface area contributed by atoms with E-state index in [1.54, 1.807) is 19.1 Å². The Labute approximate surface area is 95.0 Å². The Morgan fingerprint density at radius 2 is 2.19 bits per heavy atom. The molecule has 0 aliphatic rings. The fourth-order valence-electron chi connectivity index (χ4n) is 1.34. The molecule has 1 atom stereocenters. The van der Waals surface area contributed by atoms with Crippen molar-refractivity contribution in [2.45, 2.75) is 19.9 Å². The number of hydrogen-bond donors (Lipinski definition) is 2. The van der Waals surface area contributed by atoms with E-state index in [9.17, 15) is 10.1 Å². The van der Waals surface area contributed by atoms with Crippen LogP contribution in [0.15, 0.2) is 18.2 Å². The molecule has 5 nitrogen and oxygen atoms in total. The molecule has 0 radical (unpaired) electrons. The number of rotatable bonds is 5. The van der Waals surface area contributed by atoms with Crippen molar-refractivity contribution in [1.82, 2.24) is 5.32 Å². The average Bonchev–Trinajstić information content (AvgIpc) is 2.25. The predicted octanol–water partition coefficient (Wildman–Crippen LogP) is 1.92. The number of aryl methyl sites for hydroxylation is 1. The van der Waals surface area contributed by atoms with Gasteiger partial charge >= 0.3 is 0 Å². The summed E-state index contributed by atoms with van der Waals surface area (Å²) in [5.41, 5.74) is 1.74. The van der Waals surface area contributed by atoms with Gasteiger partial charge in [-0.15, -0.1) is 0 Å². The van der Waals surface area contributed by atoms with E-state index in [-0.39, 0.29) is 10.6 Å². The molecule has 0 aliphatic carbocycles. The molecule has 2 N–H and O–H groups in total. The van der Waals surface area contributed by atoms with Gasteiger partial charge in [0.05, 0.1) is 4.92 Å². The molecule has 0 heterocycles. The summed E-state index contributed by atoms with van der Waals surface area (Å²) >= 11 is 0. The van der Waals surface area contributed by atoms with Crippen LogP contribution in [-0.2, 0) is 0 Å². The lowest BCUT2D eigenvalue weighted by Gasteiger charge is -2.12. The molecule has 5 heteroatoms. The van der Waals surface area contributed by atoms with Gasteiger partial charge in [-0.1, -0.05) is 0 Å². The van der Waals surface area contributed by atoms with Gasteiger partial charge < -0.3 is 10.6 Å². The molecular weight excluding hydrogens is 206 g/mol. The van der Waals surface area contributed by atoms with Gasteiger partial charge in [-0.25, -0.2) is 0 Å². The summed E-state index contributed by atoms with van der Waals surface area (Å²) in [5.74, 6) is 0. The van der Waals surface area contributed by atoms with Crippen LogP contribution in [0.5, 0.6) is 0 Å². The monoisotopic (exact) mass is 223 g/mol. The van der Waals surface area contributed by atoms with Gasteiger partial charge in [0, 0.05) is 29.9 Å². The van der Waals surface area contributed by atoms with E-state index < -0.39 is 0 Å². The van der Waals surface area contributed by atoms with E-state index in [2.05, 4.69) is 17.6 Å². The molecule has 16 heavy (non-hydrogen) atoms. The van der Waals surface area contributed by atoms with Gasteiger partial charge in [0.1, 0.15) is 0 Å². The molecular formula is C11H17N3O2. The molecule has 1 aromatic carbocycles. The summed E-state index contributed by atoms with van der Waals surface area (Å²) in [5, 5.41) is 16.9. The second kappa shape index (κ2) is 5.46. The number of nitro benzene ring substituents is 1. The molecule has 88 valence electrons. The minimum Gasteiger partial charge on any atom is -0.383 e. The van der Waals surface area contributed by atoms with Gasteiger partial charge in [-0.05, 0) is 33.0 Å². The van der Waals surface area contributed by atoms with Crippen LogP contribution < -0.4 is 10.6 Å². The maximum Gasteiger partial charge on any atom is 0.272 e. The number of benzene rings is 1. The highest BCUT2D eigenvalue weighted by molar-refractivity contribution is 5.53. The van der Waals surface area contributed by atoms with Crippen molar-refractivity contribution >= 4 is 11.4 Å². The summed E-state index contributed by atoms with van der Waals surface area (Å²) in [6.07, 6.45) is 0. The van der Waals surface area contributed by atoms with Crippen molar-refractivity contribution in [3.8, 4) is 0 Å². The van der Waals surface area contributed by atoms with Gasteiger partial charge in [0.25, 0.3) is 5.69 Å². The Morgan fingerprint density at radius 1 is 1.50 bits per heavy atom. The van der Waals surface area contributed by atoms with Crippen LogP contribution in [0, 0.1) is 17.0 Å². The minimum absolute atomic E-state index is 0.159. The highest BCUT2D eigenvalue weighted by Gasteiger charge is 2.09. The maximum absolute atomic E-state index is 10.6. The van der Waals surface area contributed by atoms with Gasteiger partial charge in [0.2, 0.25) is 0 Å². The Balaban J connectivity index is 2.70. The summed E-state index contributed by atoms with van der Waals surface area (Å²) in [6.45, 7) is 4.59. The Kier molecular flexibility index (Phi) is 4.25. The zero-order chi connectivity index (χ0) is 12.1. The molecule has 0 aromatic heterocycles. The lowest BCUT2D eigenvalue weighted by Crippen LogP contribution is -2.29. The molecule has 0 bridgehead atoms. The summed E-state index contributed by atoms with van der Waals surface area (Å²) < 4.78 is 0. The summed E-state index contributed by atoms with van der Waals surface area (Å²) in [6, 6.07) is 5.41. The van der Waals surface area contributed by atoms with E-state index in [0.29, 0.717) is 11.6 Å². The number of nitrogens with zero attached hydrogens (tertiary/aromatic N) is 1. The summed E-state index contributed by atoms with van der Waals surface area (Å²) in [4.78, 5) is 10.3. The number of nitrogens with one attached hydrogen (secondary N) is 2. The molecule has 0 spiro atoms. The molecule has 0 aliphatic heterocycles. The van der Waals surface area contributed by atoms with Crippen molar-refractivity contribution in [2.75, 3.05) is 18.9 Å². The zero-order valence-electron chi connectivity index (χ0n) is 9.78. The minimum atomic E-state index is -0.366. The van der Waals surface area contributed by atoms with Crippen LogP contribution in [0.3, 0.4) is 0 Å². The lowest BCUT2D eigenvalue weighted by atomic mass is 10.2. The standard InChI is InChI=1S/C11H17N3O2/c1-8-6-10(13-7-9(2)12-3)4-5-11(8)14(15)16/h4-6,9,12-13H,7H2,1-3H3. The van der Waals surface area contributed by atoms with E-state index in [1.807, 2.05) is 7.05 Å². The lowest BCUT2D eigenvalue weighted by molar-refractivity contribution is -0.385. The number of hydrogen-bond acceptors (Lipinski definition) is 4. The first-order valence-corrected chi connectivity index (χ1v) is 5.20.